The van der Waals surface area contributed by atoms with Crippen LogP contribution in [0, 0.1) is 11.7 Å². The van der Waals surface area contributed by atoms with Crippen LogP contribution in [-0.2, 0) is 0 Å². The van der Waals surface area contributed by atoms with Crippen LogP contribution in [0.15, 0.2) is 18.2 Å². The van der Waals surface area contributed by atoms with Gasteiger partial charge in [-0.25, -0.2) is 4.39 Å². The SMILES string of the molecule is CCCC(CCC)C(O)c1ccc(OC)c(F)c1. The summed E-state index contributed by atoms with van der Waals surface area (Å²) in [6.45, 7) is 4.20. The van der Waals surface area contributed by atoms with Crippen LogP contribution in [-0.4, -0.2) is 12.2 Å². The monoisotopic (exact) mass is 254 g/mol. The van der Waals surface area contributed by atoms with E-state index in [0.29, 0.717) is 5.56 Å². The number of rotatable bonds is 7. The Bertz CT molecular complexity index is 360. The van der Waals surface area contributed by atoms with Crippen LogP contribution >= 0.6 is 0 Å². The highest BCUT2D eigenvalue weighted by atomic mass is 19.1. The number of aliphatic hydroxyl groups is 1. The molecular formula is C15H23FO2. The third-order valence-corrected chi connectivity index (χ3v) is 3.28. The van der Waals surface area contributed by atoms with Gasteiger partial charge in [-0.1, -0.05) is 32.8 Å². The number of hydrogen-bond acceptors (Lipinski definition) is 2. The van der Waals surface area contributed by atoms with E-state index in [1.165, 1.54) is 13.2 Å². The van der Waals surface area contributed by atoms with Gasteiger partial charge in [-0.15, -0.1) is 0 Å². The Morgan fingerprint density at radius 3 is 2.28 bits per heavy atom. The molecule has 0 aromatic heterocycles. The van der Waals surface area contributed by atoms with Crippen molar-refractivity contribution >= 4 is 0 Å². The van der Waals surface area contributed by atoms with Crippen molar-refractivity contribution in [3.05, 3.63) is 29.6 Å². The highest BCUT2D eigenvalue weighted by Gasteiger charge is 2.20. The lowest BCUT2D eigenvalue weighted by molar-refractivity contribution is 0.0960. The van der Waals surface area contributed by atoms with Crippen LogP contribution in [0.25, 0.3) is 0 Å². The minimum atomic E-state index is -0.592. The first-order valence-corrected chi connectivity index (χ1v) is 6.65. The van der Waals surface area contributed by atoms with Gasteiger partial charge in [0.15, 0.2) is 11.6 Å². The summed E-state index contributed by atoms with van der Waals surface area (Å²) in [6, 6.07) is 4.69. The zero-order valence-electron chi connectivity index (χ0n) is 11.4. The molecule has 0 saturated carbocycles. The summed E-state index contributed by atoms with van der Waals surface area (Å²) in [5, 5.41) is 10.3. The van der Waals surface area contributed by atoms with E-state index in [2.05, 4.69) is 13.8 Å². The van der Waals surface area contributed by atoms with Crippen LogP contribution in [0.4, 0.5) is 4.39 Å². The fourth-order valence-corrected chi connectivity index (χ4v) is 2.34. The molecule has 102 valence electrons. The Morgan fingerprint density at radius 1 is 1.22 bits per heavy atom. The van der Waals surface area contributed by atoms with E-state index in [-0.39, 0.29) is 11.7 Å². The maximum absolute atomic E-state index is 13.6. The van der Waals surface area contributed by atoms with Crippen LogP contribution < -0.4 is 4.74 Å². The fraction of sp³-hybridized carbons (Fsp3) is 0.600. The minimum Gasteiger partial charge on any atom is -0.494 e. The van der Waals surface area contributed by atoms with Crippen molar-refractivity contribution in [2.45, 2.75) is 45.6 Å². The lowest BCUT2D eigenvalue weighted by atomic mass is 9.88. The molecule has 0 bridgehead atoms. The molecule has 0 aliphatic rings. The van der Waals surface area contributed by atoms with Gasteiger partial charge in [0.25, 0.3) is 0 Å². The Hall–Kier alpha value is -1.09. The molecule has 0 aliphatic carbocycles. The molecule has 0 aliphatic heterocycles. The molecule has 18 heavy (non-hydrogen) atoms. The topological polar surface area (TPSA) is 29.5 Å². The molecule has 1 unspecified atom stereocenters. The van der Waals surface area contributed by atoms with Gasteiger partial charge in [-0.3, -0.25) is 0 Å². The van der Waals surface area contributed by atoms with Gasteiger partial charge in [0.2, 0.25) is 0 Å². The molecule has 0 amide bonds. The highest BCUT2D eigenvalue weighted by Crippen LogP contribution is 2.31. The second-order valence-corrected chi connectivity index (χ2v) is 4.68. The van der Waals surface area contributed by atoms with Crippen LogP contribution in [0.5, 0.6) is 5.75 Å². The predicted molar refractivity (Wildman–Crippen MR) is 71.2 cm³/mol. The maximum atomic E-state index is 13.6. The molecule has 0 spiro atoms. The Morgan fingerprint density at radius 2 is 1.83 bits per heavy atom. The van der Waals surface area contributed by atoms with Crippen molar-refractivity contribution in [1.29, 1.82) is 0 Å². The molecule has 0 fully saturated rings. The van der Waals surface area contributed by atoms with Gasteiger partial charge >= 0.3 is 0 Å². The van der Waals surface area contributed by atoms with E-state index in [4.69, 9.17) is 4.74 Å². The second-order valence-electron chi connectivity index (χ2n) is 4.68. The zero-order valence-corrected chi connectivity index (χ0v) is 11.4. The van der Waals surface area contributed by atoms with Crippen molar-refractivity contribution in [1.82, 2.24) is 0 Å². The van der Waals surface area contributed by atoms with Crippen LogP contribution in [0.3, 0.4) is 0 Å². The average Bonchev–Trinajstić information content (AvgIpc) is 2.37. The van der Waals surface area contributed by atoms with E-state index in [0.717, 1.165) is 25.7 Å². The third-order valence-electron chi connectivity index (χ3n) is 3.28. The van der Waals surface area contributed by atoms with E-state index in [9.17, 15) is 9.50 Å². The molecule has 0 saturated heterocycles. The van der Waals surface area contributed by atoms with Gasteiger partial charge in [0.05, 0.1) is 13.2 Å². The van der Waals surface area contributed by atoms with Crippen molar-refractivity contribution in [3.63, 3.8) is 0 Å². The fourth-order valence-electron chi connectivity index (χ4n) is 2.34. The summed E-state index contributed by atoms with van der Waals surface area (Å²) in [7, 11) is 1.44. The van der Waals surface area contributed by atoms with Crippen molar-refractivity contribution in [3.8, 4) is 5.75 Å². The quantitative estimate of drug-likeness (QED) is 0.794. The normalized spacial score (nSPS) is 12.8. The highest BCUT2D eigenvalue weighted by molar-refractivity contribution is 5.30. The Balaban J connectivity index is 2.86. The third kappa shape index (κ3) is 3.70. The molecule has 3 heteroatoms. The first-order valence-electron chi connectivity index (χ1n) is 6.65. The number of halogens is 1. The number of benzene rings is 1. The molecule has 0 heterocycles. The molecule has 1 aromatic carbocycles. The molecule has 1 atom stereocenters. The van der Waals surface area contributed by atoms with Crippen molar-refractivity contribution in [2.24, 2.45) is 5.92 Å². The number of methoxy groups -OCH3 is 1. The molecule has 1 aromatic rings. The average molecular weight is 254 g/mol. The Kier molecular flexibility index (Phi) is 6.13. The summed E-state index contributed by atoms with van der Waals surface area (Å²) in [6.07, 6.45) is 3.39. The second kappa shape index (κ2) is 7.37. The van der Waals surface area contributed by atoms with E-state index >= 15 is 0 Å². The van der Waals surface area contributed by atoms with Crippen molar-refractivity contribution < 1.29 is 14.2 Å². The number of aliphatic hydroxyl groups excluding tert-OH is 1. The molecular weight excluding hydrogens is 231 g/mol. The minimum absolute atomic E-state index is 0.202. The maximum Gasteiger partial charge on any atom is 0.165 e. The van der Waals surface area contributed by atoms with Gasteiger partial charge in [0.1, 0.15) is 0 Å². The number of ether oxygens (including phenoxy) is 1. The van der Waals surface area contributed by atoms with Crippen LogP contribution in [0.2, 0.25) is 0 Å². The van der Waals surface area contributed by atoms with E-state index in [1.807, 2.05) is 0 Å². The predicted octanol–water partition coefficient (Wildman–Crippen LogP) is 4.08. The van der Waals surface area contributed by atoms with Crippen LogP contribution in [0.1, 0.15) is 51.2 Å². The summed E-state index contributed by atoms with van der Waals surface area (Å²) in [4.78, 5) is 0. The van der Waals surface area contributed by atoms with Gasteiger partial charge in [0, 0.05) is 0 Å². The van der Waals surface area contributed by atoms with Gasteiger partial charge < -0.3 is 9.84 Å². The first kappa shape index (κ1) is 15.0. The zero-order chi connectivity index (χ0) is 13.5. The molecule has 0 radical (unpaired) electrons. The standard InChI is InChI=1S/C15H23FO2/c1-4-6-11(7-5-2)15(17)12-8-9-14(18-3)13(16)10-12/h8-11,15,17H,4-7H2,1-3H3. The molecule has 1 rings (SSSR count). The van der Waals surface area contributed by atoms with E-state index in [1.54, 1.807) is 12.1 Å². The summed E-state index contributed by atoms with van der Waals surface area (Å²) in [5.74, 6) is 0.00192. The molecule has 1 N–H and O–H groups in total. The smallest absolute Gasteiger partial charge is 0.165 e. The largest absolute Gasteiger partial charge is 0.494 e. The van der Waals surface area contributed by atoms with Crippen molar-refractivity contribution in [2.75, 3.05) is 7.11 Å². The Labute approximate surface area is 109 Å². The van der Waals surface area contributed by atoms with Gasteiger partial charge in [-0.2, -0.15) is 0 Å². The first-order chi connectivity index (χ1) is 8.63. The summed E-state index contributed by atoms with van der Waals surface area (Å²) in [5.41, 5.74) is 0.639. The van der Waals surface area contributed by atoms with Gasteiger partial charge in [-0.05, 0) is 36.5 Å². The van der Waals surface area contributed by atoms with E-state index < -0.39 is 11.9 Å². The lowest BCUT2D eigenvalue weighted by Crippen LogP contribution is -2.13. The molecule has 2 nitrogen and oxygen atoms in total. The summed E-state index contributed by atoms with van der Waals surface area (Å²) < 4.78 is 18.5. The number of hydrogen-bond donors (Lipinski definition) is 1. The summed E-state index contributed by atoms with van der Waals surface area (Å²) >= 11 is 0. The lowest BCUT2D eigenvalue weighted by Gasteiger charge is -2.22.